The summed E-state index contributed by atoms with van der Waals surface area (Å²) < 4.78 is 18.8. The van der Waals surface area contributed by atoms with E-state index in [-0.39, 0.29) is 5.82 Å². The minimum Gasteiger partial charge on any atom is -0.491 e. The SMILES string of the molecule is CCOc1cc(CC)cc(CBr)c1F. The van der Waals surface area contributed by atoms with Gasteiger partial charge in [0, 0.05) is 10.9 Å². The van der Waals surface area contributed by atoms with Gasteiger partial charge >= 0.3 is 0 Å². The number of benzene rings is 1. The lowest BCUT2D eigenvalue weighted by Gasteiger charge is -2.09. The molecule has 1 aromatic rings. The molecule has 0 N–H and O–H groups in total. The molecule has 78 valence electrons. The molecule has 0 saturated heterocycles. The normalized spacial score (nSPS) is 10.3. The Morgan fingerprint density at radius 1 is 1.36 bits per heavy atom. The predicted molar refractivity (Wildman–Crippen MR) is 59.6 cm³/mol. The molecule has 0 aliphatic heterocycles. The van der Waals surface area contributed by atoms with E-state index in [4.69, 9.17) is 4.74 Å². The molecule has 0 aromatic heterocycles. The summed E-state index contributed by atoms with van der Waals surface area (Å²) in [6, 6.07) is 3.64. The van der Waals surface area contributed by atoms with Gasteiger partial charge in [0.15, 0.2) is 11.6 Å². The monoisotopic (exact) mass is 260 g/mol. The first-order valence-corrected chi connectivity index (χ1v) is 5.85. The highest BCUT2D eigenvalue weighted by molar-refractivity contribution is 9.08. The van der Waals surface area contributed by atoms with Gasteiger partial charge in [0.25, 0.3) is 0 Å². The molecule has 1 aromatic carbocycles. The summed E-state index contributed by atoms with van der Waals surface area (Å²) in [5, 5.41) is 0.521. The summed E-state index contributed by atoms with van der Waals surface area (Å²) in [7, 11) is 0. The van der Waals surface area contributed by atoms with Gasteiger partial charge < -0.3 is 4.74 Å². The molecule has 14 heavy (non-hydrogen) atoms. The summed E-state index contributed by atoms with van der Waals surface area (Å²) in [6.45, 7) is 4.39. The maximum absolute atomic E-state index is 13.6. The first-order chi connectivity index (χ1) is 6.72. The van der Waals surface area contributed by atoms with Gasteiger partial charge in [0.05, 0.1) is 6.61 Å². The van der Waals surface area contributed by atoms with Crippen molar-refractivity contribution in [2.45, 2.75) is 25.6 Å². The van der Waals surface area contributed by atoms with Crippen LogP contribution in [0, 0.1) is 5.82 Å². The molecule has 1 nitrogen and oxygen atoms in total. The highest BCUT2D eigenvalue weighted by atomic mass is 79.9. The first-order valence-electron chi connectivity index (χ1n) is 4.73. The van der Waals surface area contributed by atoms with E-state index in [0.29, 0.717) is 23.2 Å². The van der Waals surface area contributed by atoms with Crippen LogP contribution in [0.15, 0.2) is 12.1 Å². The van der Waals surface area contributed by atoms with Gasteiger partial charge in [-0.25, -0.2) is 4.39 Å². The topological polar surface area (TPSA) is 9.23 Å². The second kappa shape index (κ2) is 5.35. The second-order valence-electron chi connectivity index (χ2n) is 2.99. The Balaban J connectivity index is 3.12. The standard InChI is InChI=1S/C11H14BrFO/c1-3-8-5-9(7-12)11(13)10(6-8)14-4-2/h5-6H,3-4,7H2,1-2H3. The van der Waals surface area contributed by atoms with Gasteiger partial charge in [-0.15, -0.1) is 0 Å². The highest BCUT2D eigenvalue weighted by Crippen LogP contribution is 2.25. The van der Waals surface area contributed by atoms with E-state index < -0.39 is 0 Å². The van der Waals surface area contributed by atoms with Crippen molar-refractivity contribution in [1.29, 1.82) is 0 Å². The molecule has 0 amide bonds. The van der Waals surface area contributed by atoms with Crippen molar-refractivity contribution in [2.24, 2.45) is 0 Å². The van der Waals surface area contributed by atoms with Crippen LogP contribution in [0.2, 0.25) is 0 Å². The molecule has 3 heteroatoms. The molecule has 0 heterocycles. The molecule has 0 radical (unpaired) electrons. The molecule has 0 atom stereocenters. The fourth-order valence-corrected chi connectivity index (χ4v) is 1.69. The van der Waals surface area contributed by atoms with Crippen molar-refractivity contribution in [3.63, 3.8) is 0 Å². The van der Waals surface area contributed by atoms with Gasteiger partial charge in [0.1, 0.15) is 0 Å². The molecule has 0 unspecified atom stereocenters. The number of hydrogen-bond donors (Lipinski definition) is 0. The van der Waals surface area contributed by atoms with E-state index in [0.717, 1.165) is 12.0 Å². The smallest absolute Gasteiger partial charge is 0.169 e. The molecule has 0 bridgehead atoms. The van der Waals surface area contributed by atoms with Crippen LogP contribution < -0.4 is 4.74 Å². The number of aryl methyl sites for hydroxylation is 1. The molecule has 1 rings (SSSR count). The van der Waals surface area contributed by atoms with E-state index in [2.05, 4.69) is 15.9 Å². The Kier molecular flexibility index (Phi) is 4.39. The number of ether oxygens (including phenoxy) is 1. The van der Waals surface area contributed by atoms with E-state index in [1.54, 1.807) is 6.07 Å². The van der Waals surface area contributed by atoms with Crippen LogP contribution in [0.3, 0.4) is 0 Å². The number of rotatable bonds is 4. The minimum absolute atomic E-state index is 0.249. The average molecular weight is 261 g/mol. The van der Waals surface area contributed by atoms with Crippen molar-refractivity contribution >= 4 is 15.9 Å². The van der Waals surface area contributed by atoms with Gasteiger partial charge in [-0.2, -0.15) is 0 Å². The molecule has 0 aliphatic carbocycles. The highest BCUT2D eigenvalue weighted by Gasteiger charge is 2.10. The number of hydrogen-bond acceptors (Lipinski definition) is 1. The first kappa shape index (κ1) is 11.5. The van der Waals surface area contributed by atoms with Crippen LogP contribution >= 0.6 is 15.9 Å². The Bertz CT molecular complexity index is 312. The Morgan fingerprint density at radius 2 is 2.07 bits per heavy atom. The van der Waals surface area contributed by atoms with Crippen molar-refractivity contribution in [2.75, 3.05) is 6.61 Å². The van der Waals surface area contributed by atoms with Crippen molar-refractivity contribution in [1.82, 2.24) is 0 Å². The third kappa shape index (κ3) is 2.47. The lowest BCUT2D eigenvalue weighted by atomic mass is 10.1. The fraction of sp³-hybridized carbons (Fsp3) is 0.455. The zero-order valence-electron chi connectivity index (χ0n) is 8.44. The van der Waals surface area contributed by atoms with Crippen LogP contribution in [0.4, 0.5) is 4.39 Å². The zero-order chi connectivity index (χ0) is 10.6. The van der Waals surface area contributed by atoms with Gasteiger partial charge in [-0.3, -0.25) is 0 Å². The maximum atomic E-state index is 13.6. The summed E-state index contributed by atoms with van der Waals surface area (Å²) in [5.41, 5.74) is 1.76. The Labute approximate surface area is 92.4 Å². The average Bonchev–Trinajstić information content (AvgIpc) is 2.21. The van der Waals surface area contributed by atoms with Crippen LogP contribution in [0.1, 0.15) is 25.0 Å². The zero-order valence-corrected chi connectivity index (χ0v) is 10.0. The van der Waals surface area contributed by atoms with Gasteiger partial charge in [0.2, 0.25) is 0 Å². The third-order valence-electron chi connectivity index (χ3n) is 2.03. The Morgan fingerprint density at radius 3 is 2.57 bits per heavy atom. The summed E-state index contributed by atoms with van der Waals surface area (Å²) in [5.74, 6) is 0.113. The third-order valence-corrected chi connectivity index (χ3v) is 2.63. The van der Waals surface area contributed by atoms with Gasteiger partial charge in [-0.05, 0) is 25.0 Å². The predicted octanol–water partition coefficient (Wildman–Crippen LogP) is 3.68. The summed E-state index contributed by atoms with van der Waals surface area (Å²) in [4.78, 5) is 0. The molecular weight excluding hydrogens is 247 g/mol. The fourth-order valence-electron chi connectivity index (χ4n) is 1.28. The van der Waals surface area contributed by atoms with E-state index in [1.165, 1.54) is 0 Å². The van der Waals surface area contributed by atoms with E-state index >= 15 is 0 Å². The van der Waals surface area contributed by atoms with Crippen LogP contribution in [0.25, 0.3) is 0 Å². The van der Waals surface area contributed by atoms with E-state index in [9.17, 15) is 4.39 Å². The van der Waals surface area contributed by atoms with Gasteiger partial charge in [-0.1, -0.05) is 28.9 Å². The van der Waals surface area contributed by atoms with Crippen LogP contribution in [0.5, 0.6) is 5.75 Å². The molecule has 0 fully saturated rings. The number of alkyl halides is 1. The van der Waals surface area contributed by atoms with Crippen molar-refractivity contribution in [3.8, 4) is 5.75 Å². The lowest BCUT2D eigenvalue weighted by molar-refractivity contribution is 0.320. The quantitative estimate of drug-likeness (QED) is 0.751. The summed E-state index contributed by atoms with van der Waals surface area (Å²) >= 11 is 3.26. The molecule has 0 saturated carbocycles. The van der Waals surface area contributed by atoms with Crippen LogP contribution in [-0.2, 0) is 11.8 Å². The maximum Gasteiger partial charge on any atom is 0.169 e. The largest absolute Gasteiger partial charge is 0.491 e. The minimum atomic E-state index is -0.249. The molecule has 0 spiro atoms. The summed E-state index contributed by atoms with van der Waals surface area (Å²) in [6.07, 6.45) is 0.889. The number of halogens is 2. The molecular formula is C11H14BrFO. The molecule has 0 aliphatic rings. The van der Waals surface area contributed by atoms with E-state index in [1.807, 2.05) is 19.9 Å². The van der Waals surface area contributed by atoms with Crippen LogP contribution in [-0.4, -0.2) is 6.61 Å². The second-order valence-corrected chi connectivity index (χ2v) is 3.55. The van der Waals surface area contributed by atoms with Crippen molar-refractivity contribution in [3.05, 3.63) is 29.1 Å². The lowest BCUT2D eigenvalue weighted by Crippen LogP contribution is -1.99. The van der Waals surface area contributed by atoms with Crippen molar-refractivity contribution < 1.29 is 9.13 Å². The Hall–Kier alpha value is -0.570.